The van der Waals surface area contributed by atoms with Crippen LogP contribution in [0.1, 0.15) is 25.7 Å². The average molecular weight is 277 g/mol. The normalized spacial score (nSPS) is 33.0. The van der Waals surface area contributed by atoms with Crippen molar-refractivity contribution in [2.24, 2.45) is 5.92 Å². The number of alkyl halides is 4. The number of hydrogen-bond donors (Lipinski definition) is 1. The van der Waals surface area contributed by atoms with Crippen molar-refractivity contribution in [2.75, 3.05) is 0 Å². The molecule has 78 valence electrons. The molecule has 0 radical (unpaired) electrons. The Morgan fingerprint density at radius 1 is 1.15 bits per heavy atom. The van der Waals surface area contributed by atoms with Crippen molar-refractivity contribution in [3.05, 3.63) is 0 Å². The Morgan fingerprint density at radius 3 is 2.00 bits per heavy atom. The second-order valence-corrected chi connectivity index (χ2v) is 5.23. The highest BCUT2D eigenvalue weighted by Gasteiger charge is 2.43. The summed E-state index contributed by atoms with van der Waals surface area (Å²) in [5.41, 5.74) is 0. The molecule has 1 atom stereocenters. The number of halogens is 4. The molecule has 0 amide bonds. The van der Waals surface area contributed by atoms with E-state index in [1.165, 1.54) is 0 Å². The molecule has 1 aliphatic carbocycles. The first kappa shape index (κ1) is 11.7. The van der Waals surface area contributed by atoms with Gasteiger partial charge >= 0.3 is 6.18 Å². The fraction of sp³-hybridized carbons (Fsp3) is 1.00. The second-order valence-electron chi connectivity index (χ2n) is 3.51. The average Bonchev–Trinajstić information content (AvgIpc) is 2.03. The van der Waals surface area contributed by atoms with Crippen LogP contribution in [0.4, 0.5) is 13.2 Å². The Hall–Kier alpha value is 0.620. The largest absolute Gasteiger partial charge is 0.401 e. The summed E-state index contributed by atoms with van der Waals surface area (Å²) >= 11 is 6.98. The molecule has 1 rings (SSSR count). The van der Waals surface area contributed by atoms with Crippen LogP contribution in [0.3, 0.4) is 0 Å². The first-order chi connectivity index (χ1) is 5.91. The first-order valence-corrected chi connectivity index (χ1v) is 5.73. The first-order valence-electron chi connectivity index (χ1n) is 4.30. The Morgan fingerprint density at radius 2 is 1.62 bits per heavy atom. The van der Waals surface area contributed by atoms with Crippen LogP contribution < -0.4 is 0 Å². The minimum Gasteiger partial charge on any atom is -0.176 e. The zero-order valence-electron chi connectivity index (χ0n) is 7.02. The molecule has 0 aliphatic heterocycles. The fourth-order valence-corrected chi connectivity index (χ4v) is 2.49. The third kappa shape index (κ3) is 3.35. The molecule has 0 heterocycles. The molecule has 0 aromatic carbocycles. The molecule has 0 aromatic rings. The Labute approximate surface area is 89.8 Å². The number of rotatable bonds is 1. The second kappa shape index (κ2) is 4.43. The van der Waals surface area contributed by atoms with E-state index in [9.17, 15) is 13.2 Å². The van der Waals surface area contributed by atoms with E-state index >= 15 is 0 Å². The lowest BCUT2D eigenvalue weighted by molar-refractivity contribution is -0.138. The van der Waals surface area contributed by atoms with Crippen LogP contribution in [0.15, 0.2) is 0 Å². The van der Waals surface area contributed by atoms with E-state index in [1.807, 2.05) is 0 Å². The van der Waals surface area contributed by atoms with Crippen LogP contribution in [0, 0.1) is 5.92 Å². The lowest BCUT2D eigenvalue weighted by Crippen LogP contribution is -2.33. The maximum Gasteiger partial charge on any atom is 0.401 e. The Kier molecular flexibility index (Phi) is 3.98. The van der Waals surface area contributed by atoms with Gasteiger partial charge in [0, 0.05) is 5.25 Å². The standard InChI is InChI=1S/C8H12BrF3S/c9-7(8(10,11)12)5-1-3-6(13)4-2-5/h5-7,13H,1-4H2. The summed E-state index contributed by atoms with van der Waals surface area (Å²) in [5.74, 6) is -0.261. The summed E-state index contributed by atoms with van der Waals surface area (Å²) in [6, 6.07) is 0. The monoisotopic (exact) mass is 276 g/mol. The van der Waals surface area contributed by atoms with Gasteiger partial charge in [0.15, 0.2) is 0 Å². The summed E-state index contributed by atoms with van der Waals surface area (Å²) < 4.78 is 36.8. The molecular weight excluding hydrogens is 265 g/mol. The van der Waals surface area contributed by atoms with Crippen molar-refractivity contribution in [3.63, 3.8) is 0 Å². The Bertz CT molecular complexity index is 163. The van der Waals surface area contributed by atoms with E-state index in [1.54, 1.807) is 0 Å². The predicted octanol–water partition coefficient (Wildman–Crippen LogP) is 3.80. The van der Waals surface area contributed by atoms with E-state index < -0.39 is 11.0 Å². The topological polar surface area (TPSA) is 0 Å². The molecule has 5 heteroatoms. The zero-order chi connectivity index (χ0) is 10.1. The van der Waals surface area contributed by atoms with Crippen molar-refractivity contribution in [2.45, 2.75) is 41.9 Å². The molecule has 0 nitrogen and oxygen atoms in total. The fourth-order valence-electron chi connectivity index (χ4n) is 1.66. The van der Waals surface area contributed by atoms with Gasteiger partial charge < -0.3 is 0 Å². The highest BCUT2D eigenvalue weighted by Crippen LogP contribution is 2.39. The third-order valence-corrected chi connectivity index (χ3v) is 4.25. The van der Waals surface area contributed by atoms with E-state index in [0.29, 0.717) is 18.1 Å². The zero-order valence-corrected chi connectivity index (χ0v) is 9.50. The van der Waals surface area contributed by atoms with Gasteiger partial charge in [-0.2, -0.15) is 25.8 Å². The van der Waals surface area contributed by atoms with Crippen molar-refractivity contribution in [1.82, 2.24) is 0 Å². The molecule has 0 saturated heterocycles. The maximum atomic E-state index is 12.3. The number of hydrogen-bond acceptors (Lipinski definition) is 1. The SMILES string of the molecule is FC(F)(F)C(Br)C1CCC(S)CC1. The van der Waals surface area contributed by atoms with Gasteiger partial charge in [0.25, 0.3) is 0 Å². The molecule has 13 heavy (non-hydrogen) atoms. The molecule has 1 aliphatic rings. The van der Waals surface area contributed by atoms with Gasteiger partial charge in [-0.3, -0.25) is 0 Å². The molecule has 1 saturated carbocycles. The predicted molar refractivity (Wildman–Crippen MR) is 53.5 cm³/mol. The van der Waals surface area contributed by atoms with Crippen molar-refractivity contribution in [1.29, 1.82) is 0 Å². The van der Waals surface area contributed by atoms with Gasteiger partial charge in [-0.1, -0.05) is 15.9 Å². The van der Waals surface area contributed by atoms with Crippen molar-refractivity contribution < 1.29 is 13.2 Å². The van der Waals surface area contributed by atoms with Crippen LogP contribution >= 0.6 is 28.6 Å². The smallest absolute Gasteiger partial charge is 0.176 e. The van der Waals surface area contributed by atoms with Crippen LogP contribution in [0.5, 0.6) is 0 Å². The molecular formula is C8H12BrF3S. The van der Waals surface area contributed by atoms with Gasteiger partial charge in [-0.15, -0.1) is 0 Å². The lowest BCUT2D eigenvalue weighted by atomic mass is 9.86. The van der Waals surface area contributed by atoms with Crippen LogP contribution in [0.2, 0.25) is 0 Å². The summed E-state index contributed by atoms with van der Waals surface area (Å²) in [6.45, 7) is 0. The highest BCUT2D eigenvalue weighted by molar-refractivity contribution is 9.09. The molecule has 1 unspecified atom stereocenters. The van der Waals surface area contributed by atoms with Crippen molar-refractivity contribution >= 4 is 28.6 Å². The molecule has 0 spiro atoms. The molecule has 1 fully saturated rings. The van der Waals surface area contributed by atoms with Gasteiger partial charge in [0.2, 0.25) is 0 Å². The van der Waals surface area contributed by atoms with Crippen LogP contribution in [0.25, 0.3) is 0 Å². The van der Waals surface area contributed by atoms with Crippen LogP contribution in [-0.4, -0.2) is 16.3 Å². The van der Waals surface area contributed by atoms with Gasteiger partial charge in [0.05, 0.1) is 0 Å². The van der Waals surface area contributed by atoms with E-state index in [0.717, 1.165) is 12.8 Å². The minimum atomic E-state index is -4.10. The van der Waals surface area contributed by atoms with Crippen molar-refractivity contribution in [3.8, 4) is 0 Å². The molecule has 0 aromatic heterocycles. The van der Waals surface area contributed by atoms with E-state index in [4.69, 9.17) is 0 Å². The summed E-state index contributed by atoms with van der Waals surface area (Å²) in [7, 11) is 0. The van der Waals surface area contributed by atoms with Gasteiger partial charge in [-0.05, 0) is 31.6 Å². The summed E-state index contributed by atoms with van der Waals surface area (Å²) in [4.78, 5) is -1.33. The highest BCUT2D eigenvalue weighted by atomic mass is 79.9. The minimum absolute atomic E-state index is 0.261. The Balaban J connectivity index is 2.45. The maximum absolute atomic E-state index is 12.3. The van der Waals surface area contributed by atoms with E-state index in [2.05, 4.69) is 28.6 Å². The summed E-state index contributed by atoms with van der Waals surface area (Å²) in [6.07, 6.45) is -1.25. The summed E-state index contributed by atoms with van der Waals surface area (Å²) in [5, 5.41) is 0.296. The number of thiol groups is 1. The van der Waals surface area contributed by atoms with Gasteiger partial charge in [0.1, 0.15) is 4.83 Å². The lowest BCUT2D eigenvalue weighted by Gasteiger charge is -2.30. The van der Waals surface area contributed by atoms with Crippen LogP contribution in [-0.2, 0) is 0 Å². The van der Waals surface area contributed by atoms with E-state index in [-0.39, 0.29) is 5.92 Å². The quantitative estimate of drug-likeness (QED) is 0.547. The molecule has 0 N–H and O–H groups in total. The van der Waals surface area contributed by atoms with Gasteiger partial charge in [-0.25, -0.2) is 0 Å². The molecule has 0 bridgehead atoms. The third-order valence-electron chi connectivity index (χ3n) is 2.47.